The Bertz CT molecular complexity index is 336. The molecule has 1 aromatic rings. The summed E-state index contributed by atoms with van der Waals surface area (Å²) in [7, 11) is 0. The molecule has 1 saturated carbocycles. The second kappa shape index (κ2) is 4.61. The Morgan fingerprint density at radius 1 is 1.19 bits per heavy atom. The van der Waals surface area contributed by atoms with E-state index < -0.39 is 0 Å². The molecule has 1 aromatic carbocycles. The lowest BCUT2D eigenvalue weighted by molar-refractivity contribution is 0.646. The van der Waals surface area contributed by atoms with Crippen LogP contribution in [0.2, 0.25) is 0 Å². The van der Waals surface area contributed by atoms with Crippen LogP contribution in [0.1, 0.15) is 62.1 Å². The van der Waals surface area contributed by atoms with Gasteiger partial charge in [0.15, 0.2) is 0 Å². The Morgan fingerprint density at radius 2 is 1.88 bits per heavy atom. The lowest BCUT2D eigenvalue weighted by atomic mass is 9.92. The van der Waals surface area contributed by atoms with Gasteiger partial charge in [0.1, 0.15) is 0 Å². The summed E-state index contributed by atoms with van der Waals surface area (Å²) < 4.78 is 0. The third kappa shape index (κ3) is 2.87. The van der Waals surface area contributed by atoms with Crippen molar-refractivity contribution in [2.45, 2.75) is 51.9 Å². The first-order valence-corrected chi connectivity index (χ1v) is 6.53. The van der Waals surface area contributed by atoms with Crippen molar-refractivity contribution in [3.8, 4) is 0 Å². The van der Waals surface area contributed by atoms with E-state index in [0.29, 0.717) is 5.92 Å². The number of benzene rings is 1. The fraction of sp³-hybridized carbons (Fsp3) is 0.562. The van der Waals surface area contributed by atoms with Gasteiger partial charge in [0.2, 0.25) is 0 Å². The molecular weight excluding hydrogens is 192 g/mol. The van der Waals surface area contributed by atoms with Crippen LogP contribution in [-0.4, -0.2) is 0 Å². The molecular formula is C16H23. The van der Waals surface area contributed by atoms with Gasteiger partial charge in [-0.05, 0) is 60.6 Å². The van der Waals surface area contributed by atoms with Gasteiger partial charge in [0.05, 0.1) is 0 Å². The first-order chi connectivity index (χ1) is 7.56. The molecule has 0 heteroatoms. The molecule has 1 fully saturated rings. The van der Waals surface area contributed by atoms with Crippen LogP contribution in [0.3, 0.4) is 0 Å². The Morgan fingerprint density at radius 3 is 2.38 bits per heavy atom. The predicted octanol–water partition coefficient (Wildman–Crippen LogP) is 4.70. The van der Waals surface area contributed by atoms with Gasteiger partial charge in [-0.1, -0.05) is 39.0 Å². The van der Waals surface area contributed by atoms with E-state index in [-0.39, 0.29) is 0 Å². The highest BCUT2D eigenvalue weighted by Gasteiger charge is 2.24. The minimum absolute atomic E-state index is 0.407. The standard InChI is InChI=1S/C16H23/c1-11(2)7-13-8-15(12(3)4)10-16(9-13)14-5-6-14/h8-12,14H,3,5-7H2,1-2,4H3. The van der Waals surface area contributed by atoms with Crippen molar-refractivity contribution < 1.29 is 0 Å². The molecule has 2 rings (SSSR count). The number of hydrogen-bond acceptors (Lipinski definition) is 0. The van der Waals surface area contributed by atoms with Gasteiger partial charge in [-0.3, -0.25) is 0 Å². The molecule has 1 aliphatic carbocycles. The van der Waals surface area contributed by atoms with Crippen LogP contribution in [0.4, 0.5) is 0 Å². The van der Waals surface area contributed by atoms with Crippen molar-refractivity contribution in [3.05, 3.63) is 41.8 Å². The van der Waals surface area contributed by atoms with E-state index in [1.54, 1.807) is 5.56 Å². The number of hydrogen-bond donors (Lipinski definition) is 0. The van der Waals surface area contributed by atoms with Crippen molar-refractivity contribution in [2.24, 2.45) is 5.92 Å². The minimum Gasteiger partial charge on any atom is -0.0625 e. The maximum atomic E-state index is 4.15. The molecule has 0 N–H and O–H groups in total. The van der Waals surface area contributed by atoms with Crippen molar-refractivity contribution >= 4 is 0 Å². The van der Waals surface area contributed by atoms with E-state index >= 15 is 0 Å². The quantitative estimate of drug-likeness (QED) is 0.683. The van der Waals surface area contributed by atoms with Crippen LogP contribution in [0.5, 0.6) is 0 Å². The van der Waals surface area contributed by atoms with Crippen LogP contribution in [-0.2, 0) is 6.42 Å². The average molecular weight is 215 g/mol. The summed E-state index contributed by atoms with van der Waals surface area (Å²) in [6.45, 7) is 10.9. The molecule has 0 aromatic heterocycles. The molecule has 0 amide bonds. The van der Waals surface area contributed by atoms with Crippen molar-refractivity contribution in [3.63, 3.8) is 0 Å². The van der Waals surface area contributed by atoms with Crippen LogP contribution >= 0.6 is 0 Å². The second-order valence-corrected chi connectivity index (χ2v) is 5.78. The summed E-state index contributed by atoms with van der Waals surface area (Å²) in [5.74, 6) is 2.00. The summed E-state index contributed by atoms with van der Waals surface area (Å²) in [5.41, 5.74) is 4.48. The van der Waals surface area contributed by atoms with E-state index in [9.17, 15) is 0 Å². The lowest BCUT2D eigenvalue weighted by Gasteiger charge is -2.13. The fourth-order valence-corrected chi connectivity index (χ4v) is 2.27. The molecule has 1 radical (unpaired) electrons. The molecule has 0 bridgehead atoms. The Hall–Kier alpha value is -0.780. The van der Waals surface area contributed by atoms with Crippen LogP contribution in [0.15, 0.2) is 18.2 Å². The van der Waals surface area contributed by atoms with Crippen molar-refractivity contribution in [1.82, 2.24) is 0 Å². The molecule has 0 nitrogen and oxygen atoms in total. The van der Waals surface area contributed by atoms with E-state index in [4.69, 9.17) is 0 Å². The summed E-state index contributed by atoms with van der Waals surface area (Å²) in [4.78, 5) is 0. The molecule has 0 heterocycles. The normalized spacial score (nSPS) is 16.1. The lowest BCUT2D eigenvalue weighted by Crippen LogP contribution is -1.98. The summed E-state index contributed by atoms with van der Waals surface area (Å²) in [6.07, 6.45) is 3.96. The van der Waals surface area contributed by atoms with Gasteiger partial charge in [-0.2, -0.15) is 0 Å². The zero-order valence-electron chi connectivity index (χ0n) is 10.8. The molecule has 87 valence electrons. The van der Waals surface area contributed by atoms with Crippen LogP contribution < -0.4 is 0 Å². The highest BCUT2D eigenvalue weighted by atomic mass is 14.3. The highest BCUT2D eigenvalue weighted by Crippen LogP contribution is 2.41. The predicted molar refractivity (Wildman–Crippen MR) is 70.7 cm³/mol. The molecule has 1 atom stereocenters. The first-order valence-electron chi connectivity index (χ1n) is 6.53. The highest BCUT2D eigenvalue weighted by molar-refractivity contribution is 5.36. The maximum absolute atomic E-state index is 4.15. The van der Waals surface area contributed by atoms with Gasteiger partial charge in [-0.15, -0.1) is 0 Å². The summed E-state index contributed by atoms with van der Waals surface area (Å²) in [5, 5.41) is 0. The van der Waals surface area contributed by atoms with Crippen LogP contribution in [0.25, 0.3) is 0 Å². The van der Waals surface area contributed by atoms with E-state index in [1.807, 2.05) is 0 Å². The van der Waals surface area contributed by atoms with Gasteiger partial charge in [-0.25, -0.2) is 0 Å². The van der Waals surface area contributed by atoms with Gasteiger partial charge < -0.3 is 0 Å². The van der Waals surface area contributed by atoms with Crippen LogP contribution in [0, 0.1) is 12.8 Å². The Balaban J connectivity index is 2.28. The third-order valence-corrected chi connectivity index (χ3v) is 3.30. The average Bonchev–Trinajstić information content (AvgIpc) is 2.98. The van der Waals surface area contributed by atoms with E-state index in [0.717, 1.165) is 11.8 Å². The van der Waals surface area contributed by atoms with E-state index in [2.05, 4.69) is 45.9 Å². The SMILES string of the molecule is [CH2]C(C)c1cc(CC(C)C)cc(C2CC2)c1. The summed E-state index contributed by atoms with van der Waals surface area (Å²) in [6, 6.07) is 7.15. The molecule has 0 aliphatic heterocycles. The Kier molecular flexibility index (Phi) is 3.37. The second-order valence-electron chi connectivity index (χ2n) is 5.78. The zero-order chi connectivity index (χ0) is 11.7. The molecule has 1 unspecified atom stereocenters. The smallest absolute Gasteiger partial charge is 0.0161 e. The number of rotatable bonds is 4. The molecule has 0 saturated heterocycles. The van der Waals surface area contributed by atoms with Crippen molar-refractivity contribution in [2.75, 3.05) is 0 Å². The first kappa shape index (κ1) is 11.7. The van der Waals surface area contributed by atoms with E-state index in [1.165, 1.54) is 30.4 Å². The van der Waals surface area contributed by atoms with Gasteiger partial charge >= 0.3 is 0 Å². The topological polar surface area (TPSA) is 0 Å². The molecule has 1 aliphatic rings. The maximum Gasteiger partial charge on any atom is -0.0161 e. The van der Waals surface area contributed by atoms with Gasteiger partial charge in [0, 0.05) is 0 Å². The zero-order valence-corrected chi connectivity index (χ0v) is 10.8. The van der Waals surface area contributed by atoms with Crippen molar-refractivity contribution in [1.29, 1.82) is 0 Å². The van der Waals surface area contributed by atoms with Gasteiger partial charge in [0.25, 0.3) is 0 Å². The molecule has 0 spiro atoms. The largest absolute Gasteiger partial charge is 0.0625 e. The monoisotopic (exact) mass is 215 g/mol. The third-order valence-electron chi connectivity index (χ3n) is 3.30. The molecule has 16 heavy (non-hydrogen) atoms. The minimum atomic E-state index is 0.407. The Labute approximate surface area is 100 Å². The fourth-order valence-electron chi connectivity index (χ4n) is 2.27. The summed E-state index contributed by atoms with van der Waals surface area (Å²) >= 11 is 0.